The van der Waals surface area contributed by atoms with Gasteiger partial charge < -0.3 is 9.72 Å². The molecule has 42 heavy (non-hydrogen) atoms. The number of nitrogens with zero attached hydrogens (tertiary/aromatic N) is 3. The highest BCUT2D eigenvalue weighted by atomic mass is 32.2. The van der Waals surface area contributed by atoms with Crippen LogP contribution in [0, 0.1) is 17.5 Å². The maximum absolute atomic E-state index is 15.5. The summed E-state index contributed by atoms with van der Waals surface area (Å²) < 4.78 is 76.3. The zero-order chi connectivity index (χ0) is 29.9. The van der Waals surface area contributed by atoms with E-state index < -0.39 is 49.4 Å². The van der Waals surface area contributed by atoms with Crippen molar-refractivity contribution in [2.75, 3.05) is 18.4 Å². The number of methoxy groups -OCH3 is 1. The lowest BCUT2D eigenvalue weighted by Gasteiger charge is -2.12. The summed E-state index contributed by atoms with van der Waals surface area (Å²) in [5, 5.41) is 0.283. The van der Waals surface area contributed by atoms with Gasteiger partial charge in [0.15, 0.2) is 5.82 Å². The number of aryl methyl sites for hydroxylation is 1. The number of sulfonamides is 1. The molecule has 0 aliphatic carbocycles. The Morgan fingerprint density at radius 3 is 2.48 bits per heavy atom. The van der Waals surface area contributed by atoms with E-state index in [4.69, 9.17) is 4.74 Å². The summed E-state index contributed by atoms with van der Waals surface area (Å²) in [5.41, 5.74) is -0.251. The predicted octanol–water partition coefficient (Wildman–Crippen LogP) is 5.44. The number of hydrogen-bond acceptors (Lipinski definition) is 7. The molecule has 13 heteroatoms. The Balaban J connectivity index is 1.44. The minimum atomic E-state index is -4.45. The van der Waals surface area contributed by atoms with Gasteiger partial charge in [-0.25, -0.2) is 36.5 Å². The Hall–Kier alpha value is -4.62. The summed E-state index contributed by atoms with van der Waals surface area (Å²) >= 11 is 0. The third kappa shape index (κ3) is 6.02. The van der Waals surface area contributed by atoms with E-state index >= 15 is 4.39 Å². The number of ketones is 1. The standard InChI is InChI=1S/C29H24F3N5O4S/c1-41-10-3-2-7-25-33-14-18(15-34-25)17-11-21-22(16-36-29(21)35-13-17)28(38)26-23(31)8-9-24(27(26)32)37-42(39,40)20-6-4-5-19(30)12-20/h4-6,8-9,11-16,37H,2-3,7,10H2,1H3,(H,35,36). The van der Waals surface area contributed by atoms with E-state index in [2.05, 4.69) is 19.9 Å². The van der Waals surface area contributed by atoms with Crippen molar-refractivity contribution in [2.24, 2.45) is 0 Å². The Kier molecular flexibility index (Phi) is 8.31. The maximum Gasteiger partial charge on any atom is 0.262 e. The summed E-state index contributed by atoms with van der Waals surface area (Å²) in [7, 11) is -2.80. The number of halogens is 3. The number of rotatable bonds is 11. The SMILES string of the molecule is COCCCCc1ncc(-c2cnc3[nH]cc(C(=O)c4c(F)ccc(NS(=O)(=O)c5cccc(F)c5)c4F)c3c2)cn1. The van der Waals surface area contributed by atoms with E-state index in [1.165, 1.54) is 12.3 Å². The molecule has 0 fully saturated rings. The number of fused-ring (bicyclic) bond motifs is 1. The van der Waals surface area contributed by atoms with E-state index in [1.54, 1.807) is 31.8 Å². The number of unbranched alkanes of at least 4 members (excludes halogenated alkanes) is 1. The van der Waals surface area contributed by atoms with Gasteiger partial charge in [0.1, 0.15) is 23.1 Å². The first-order valence-electron chi connectivity index (χ1n) is 12.8. The maximum atomic E-state index is 15.5. The molecule has 0 saturated carbocycles. The average Bonchev–Trinajstić information content (AvgIpc) is 3.41. The van der Waals surface area contributed by atoms with Gasteiger partial charge in [-0.1, -0.05) is 6.07 Å². The van der Waals surface area contributed by atoms with E-state index in [9.17, 15) is 22.0 Å². The molecule has 0 amide bonds. The third-order valence-corrected chi connectivity index (χ3v) is 7.85. The second-order valence-corrected chi connectivity index (χ2v) is 11.0. The zero-order valence-electron chi connectivity index (χ0n) is 22.2. The lowest BCUT2D eigenvalue weighted by molar-refractivity contribution is 0.103. The largest absolute Gasteiger partial charge is 0.385 e. The quantitative estimate of drug-likeness (QED) is 0.154. The van der Waals surface area contributed by atoms with Crippen molar-refractivity contribution in [3.63, 3.8) is 0 Å². The minimum absolute atomic E-state index is 0.0852. The second kappa shape index (κ2) is 12.1. The van der Waals surface area contributed by atoms with Gasteiger partial charge in [-0.2, -0.15) is 0 Å². The summed E-state index contributed by atoms with van der Waals surface area (Å²) in [6.07, 6.45) is 8.52. The van der Waals surface area contributed by atoms with E-state index in [0.29, 0.717) is 35.6 Å². The van der Waals surface area contributed by atoms with Crippen LogP contribution in [0.25, 0.3) is 22.2 Å². The molecule has 2 N–H and O–H groups in total. The summed E-state index contributed by atoms with van der Waals surface area (Å²) in [6.45, 7) is 0.657. The highest BCUT2D eigenvalue weighted by molar-refractivity contribution is 7.92. The van der Waals surface area contributed by atoms with Crippen LogP contribution in [-0.2, 0) is 21.2 Å². The molecule has 9 nitrogen and oxygen atoms in total. The van der Waals surface area contributed by atoms with E-state index in [0.717, 1.165) is 43.2 Å². The Morgan fingerprint density at radius 2 is 1.74 bits per heavy atom. The van der Waals surface area contributed by atoms with Crippen LogP contribution in [0.3, 0.4) is 0 Å². The molecule has 0 radical (unpaired) electrons. The smallest absolute Gasteiger partial charge is 0.262 e. The minimum Gasteiger partial charge on any atom is -0.385 e. The van der Waals surface area contributed by atoms with Crippen LogP contribution in [0.15, 0.2) is 72.1 Å². The van der Waals surface area contributed by atoms with Crippen molar-refractivity contribution in [3.05, 3.63) is 102 Å². The van der Waals surface area contributed by atoms with Crippen LogP contribution in [0.2, 0.25) is 0 Å². The third-order valence-electron chi connectivity index (χ3n) is 6.48. The molecule has 2 aromatic carbocycles. The van der Waals surface area contributed by atoms with Gasteiger partial charge in [0.25, 0.3) is 10.0 Å². The van der Waals surface area contributed by atoms with Crippen LogP contribution in [0.5, 0.6) is 0 Å². The summed E-state index contributed by atoms with van der Waals surface area (Å²) in [4.78, 5) is 28.9. The molecule has 0 atom stereocenters. The van der Waals surface area contributed by atoms with Crippen LogP contribution >= 0.6 is 0 Å². The second-order valence-electron chi connectivity index (χ2n) is 9.34. The highest BCUT2D eigenvalue weighted by Gasteiger charge is 2.26. The average molecular weight is 596 g/mol. The number of aromatic nitrogens is 4. The zero-order valence-corrected chi connectivity index (χ0v) is 23.0. The highest BCUT2D eigenvalue weighted by Crippen LogP contribution is 2.30. The molecule has 0 saturated heterocycles. The number of ether oxygens (including phenoxy) is 1. The first kappa shape index (κ1) is 28.9. The molecule has 216 valence electrons. The fraction of sp³-hybridized carbons (Fsp3) is 0.172. The Labute approximate surface area is 238 Å². The normalized spacial score (nSPS) is 11.6. The molecule has 0 aliphatic heterocycles. The van der Waals surface area contributed by atoms with Crippen LogP contribution in [0.1, 0.15) is 34.6 Å². The predicted molar refractivity (Wildman–Crippen MR) is 149 cm³/mol. The molecule has 3 aromatic heterocycles. The van der Waals surface area contributed by atoms with Crippen molar-refractivity contribution in [1.29, 1.82) is 0 Å². The lowest BCUT2D eigenvalue weighted by atomic mass is 10.0. The molecule has 5 aromatic rings. The topological polar surface area (TPSA) is 127 Å². The van der Waals surface area contributed by atoms with Gasteiger partial charge in [-0.05, 0) is 49.2 Å². The number of carbonyl (C=O) groups excluding carboxylic acids is 1. The Morgan fingerprint density at radius 1 is 0.976 bits per heavy atom. The lowest BCUT2D eigenvalue weighted by Crippen LogP contribution is -2.16. The van der Waals surface area contributed by atoms with Crippen molar-refractivity contribution in [3.8, 4) is 11.1 Å². The summed E-state index contributed by atoms with van der Waals surface area (Å²) in [6, 6.07) is 7.30. The molecule has 5 rings (SSSR count). The molecule has 3 heterocycles. The fourth-order valence-corrected chi connectivity index (χ4v) is 5.41. The van der Waals surface area contributed by atoms with Crippen LogP contribution in [-0.4, -0.2) is 47.9 Å². The van der Waals surface area contributed by atoms with Gasteiger partial charge in [0, 0.05) is 67.0 Å². The number of anilines is 1. The molecule has 0 unspecified atom stereocenters. The molecule has 0 bridgehead atoms. The van der Waals surface area contributed by atoms with Crippen LogP contribution < -0.4 is 4.72 Å². The van der Waals surface area contributed by atoms with Gasteiger partial charge in [0.05, 0.1) is 16.1 Å². The molecular weight excluding hydrogens is 571 g/mol. The van der Waals surface area contributed by atoms with Gasteiger partial charge in [0.2, 0.25) is 5.78 Å². The number of pyridine rings is 1. The van der Waals surface area contributed by atoms with E-state index in [1.807, 2.05) is 4.72 Å². The summed E-state index contributed by atoms with van der Waals surface area (Å²) in [5.74, 6) is -3.81. The fourth-order valence-electron chi connectivity index (χ4n) is 4.32. The van der Waals surface area contributed by atoms with Gasteiger partial charge >= 0.3 is 0 Å². The number of aromatic amines is 1. The number of H-pyrrole nitrogens is 1. The van der Waals surface area contributed by atoms with Crippen molar-refractivity contribution in [2.45, 2.75) is 24.2 Å². The number of carbonyl (C=O) groups is 1. The Bertz CT molecular complexity index is 1880. The molecule has 0 aliphatic rings. The molecule has 0 spiro atoms. The van der Waals surface area contributed by atoms with Gasteiger partial charge in [-0.15, -0.1) is 0 Å². The first-order valence-corrected chi connectivity index (χ1v) is 14.2. The van der Waals surface area contributed by atoms with Crippen molar-refractivity contribution < 1.29 is 31.1 Å². The number of benzene rings is 2. The number of nitrogens with one attached hydrogen (secondary N) is 2. The van der Waals surface area contributed by atoms with Crippen molar-refractivity contribution >= 4 is 32.5 Å². The van der Waals surface area contributed by atoms with Crippen molar-refractivity contribution in [1.82, 2.24) is 19.9 Å². The van der Waals surface area contributed by atoms with E-state index in [-0.39, 0.29) is 10.9 Å². The monoisotopic (exact) mass is 595 g/mol. The molecular formula is C29H24F3N5O4S. The first-order chi connectivity index (χ1) is 20.2. The van der Waals surface area contributed by atoms with Crippen LogP contribution in [0.4, 0.5) is 18.9 Å². The number of hydrogen-bond donors (Lipinski definition) is 2. The van der Waals surface area contributed by atoms with Gasteiger partial charge in [-0.3, -0.25) is 9.52 Å².